The van der Waals surface area contributed by atoms with Crippen LogP contribution >= 0.6 is 0 Å². The number of aryl methyl sites for hydroxylation is 2. The van der Waals surface area contributed by atoms with Crippen molar-refractivity contribution >= 4 is 22.6 Å². The van der Waals surface area contributed by atoms with Crippen molar-refractivity contribution in [2.24, 2.45) is 7.05 Å². The Morgan fingerprint density at radius 2 is 2.03 bits per heavy atom. The van der Waals surface area contributed by atoms with E-state index < -0.39 is 0 Å². The topological polar surface area (TPSA) is 83.7 Å². The number of hydrogen-bond donors (Lipinski definition) is 1. The van der Waals surface area contributed by atoms with E-state index in [2.05, 4.69) is 10.00 Å². The van der Waals surface area contributed by atoms with Crippen LogP contribution < -0.4 is 9.64 Å². The molecule has 5 rings (SSSR count). The minimum Gasteiger partial charge on any atom is -0.490 e. The van der Waals surface area contributed by atoms with E-state index in [1.807, 2.05) is 49.1 Å². The third-order valence-corrected chi connectivity index (χ3v) is 6.06. The quantitative estimate of drug-likeness (QED) is 0.714. The van der Waals surface area contributed by atoms with E-state index in [1.54, 1.807) is 0 Å². The van der Waals surface area contributed by atoms with Crippen LogP contribution in [0.1, 0.15) is 34.5 Å². The summed E-state index contributed by atoms with van der Waals surface area (Å²) in [5, 5.41) is 14.7. The molecule has 0 spiro atoms. The second kappa shape index (κ2) is 7.28. The van der Waals surface area contributed by atoms with Crippen molar-refractivity contribution in [3.63, 3.8) is 0 Å². The van der Waals surface area contributed by atoms with Gasteiger partial charge in [-0.2, -0.15) is 5.10 Å². The summed E-state index contributed by atoms with van der Waals surface area (Å²) in [6, 6.07) is 8.00. The number of aliphatic hydroxyl groups is 1. The molecule has 1 fully saturated rings. The molecule has 156 valence electrons. The largest absolute Gasteiger partial charge is 0.490 e. The van der Waals surface area contributed by atoms with Crippen LogP contribution in [0.15, 0.2) is 30.5 Å². The molecule has 8 nitrogen and oxygen atoms in total. The summed E-state index contributed by atoms with van der Waals surface area (Å²) >= 11 is 0. The Hall–Kier alpha value is -3.13. The lowest BCUT2D eigenvalue weighted by Gasteiger charge is -2.34. The molecule has 1 saturated heterocycles. The zero-order chi connectivity index (χ0) is 20.8. The first-order valence-electron chi connectivity index (χ1n) is 10.3. The molecule has 4 heterocycles. The van der Waals surface area contributed by atoms with E-state index in [0.717, 1.165) is 59.7 Å². The monoisotopic (exact) mass is 407 g/mol. The number of hydrogen-bond acceptors (Lipinski definition) is 6. The van der Waals surface area contributed by atoms with Crippen LogP contribution in [-0.4, -0.2) is 56.6 Å². The van der Waals surface area contributed by atoms with Crippen molar-refractivity contribution in [2.45, 2.75) is 32.4 Å². The van der Waals surface area contributed by atoms with Gasteiger partial charge >= 0.3 is 0 Å². The standard InChI is InChI=1S/C22H25N5O3/c1-14-9-18-19(12-27(13-28)22(18)29)24-21(14)26-7-5-16(6-8-26)30-17-3-4-20-15(10-17)11-23-25(20)2/h3-4,9-11,16,28H,5-8,12-13H2,1-2H3. The van der Waals surface area contributed by atoms with E-state index >= 15 is 0 Å². The fourth-order valence-corrected chi connectivity index (χ4v) is 4.40. The molecule has 0 aliphatic carbocycles. The summed E-state index contributed by atoms with van der Waals surface area (Å²) in [6.45, 7) is 3.78. The van der Waals surface area contributed by atoms with E-state index in [4.69, 9.17) is 9.72 Å². The Labute approximate surface area is 174 Å². The zero-order valence-electron chi connectivity index (χ0n) is 17.2. The van der Waals surface area contributed by atoms with Gasteiger partial charge in [-0.1, -0.05) is 0 Å². The number of carbonyl (C=O) groups excluding carboxylic acids is 1. The van der Waals surface area contributed by atoms with Crippen molar-refractivity contribution < 1.29 is 14.6 Å². The average molecular weight is 407 g/mol. The number of pyridine rings is 1. The van der Waals surface area contributed by atoms with Crippen molar-refractivity contribution in [1.29, 1.82) is 0 Å². The SMILES string of the molecule is Cc1cc2c(nc1N1CCC(Oc3ccc4c(cnn4C)c3)CC1)CN(CO)C2=O. The van der Waals surface area contributed by atoms with Crippen LogP contribution in [0.4, 0.5) is 5.82 Å². The second-order valence-electron chi connectivity index (χ2n) is 8.06. The fraction of sp³-hybridized carbons (Fsp3) is 0.409. The Morgan fingerprint density at radius 1 is 1.23 bits per heavy atom. The molecule has 0 radical (unpaired) electrons. The zero-order valence-corrected chi connectivity index (χ0v) is 17.2. The molecular formula is C22H25N5O3. The van der Waals surface area contributed by atoms with Crippen LogP contribution in [0.25, 0.3) is 10.9 Å². The molecule has 1 N–H and O–H groups in total. The van der Waals surface area contributed by atoms with Crippen molar-refractivity contribution in [3.05, 3.63) is 47.3 Å². The molecule has 2 aromatic heterocycles. The second-order valence-corrected chi connectivity index (χ2v) is 8.06. The normalized spacial score (nSPS) is 17.1. The summed E-state index contributed by atoms with van der Waals surface area (Å²) in [5.41, 5.74) is 3.43. The van der Waals surface area contributed by atoms with Gasteiger partial charge in [-0.3, -0.25) is 9.48 Å². The fourth-order valence-electron chi connectivity index (χ4n) is 4.40. The minimum atomic E-state index is -0.281. The van der Waals surface area contributed by atoms with Gasteiger partial charge in [0.2, 0.25) is 0 Å². The van der Waals surface area contributed by atoms with Crippen molar-refractivity contribution in [2.75, 3.05) is 24.7 Å². The smallest absolute Gasteiger partial charge is 0.257 e. The Kier molecular flexibility index (Phi) is 4.58. The third kappa shape index (κ3) is 3.17. The molecule has 0 bridgehead atoms. The number of aromatic nitrogens is 3. The van der Waals surface area contributed by atoms with Crippen molar-refractivity contribution in [3.8, 4) is 5.75 Å². The molecule has 0 unspecified atom stereocenters. The Morgan fingerprint density at radius 3 is 2.80 bits per heavy atom. The molecule has 2 aliphatic rings. The number of rotatable bonds is 4. The van der Waals surface area contributed by atoms with E-state index in [9.17, 15) is 9.90 Å². The van der Waals surface area contributed by atoms with Crippen LogP contribution in [0.2, 0.25) is 0 Å². The maximum atomic E-state index is 12.3. The number of anilines is 1. The molecule has 30 heavy (non-hydrogen) atoms. The number of ether oxygens (including phenoxy) is 1. The highest BCUT2D eigenvalue weighted by molar-refractivity contribution is 5.98. The summed E-state index contributed by atoms with van der Waals surface area (Å²) in [4.78, 5) is 20.7. The molecule has 0 atom stereocenters. The summed E-state index contributed by atoms with van der Waals surface area (Å²) < 4.78 is 8.10. The van der Waals surface area contributed by atoms with Gasteiger partial charge in [-0.25, -0.2) is 4.98 Å². The maximum Gasteiger partial charge on any atom is 0.257 e. The van der Waals surface area contributed by atoms with Crippen molar-refractivity contribution in [1.82, 2.24) is 19.7 Å². The van der Waals surface area contributed by atoms with Crippen LogP contribution in [0.5, 0.6) is 5.75 Å². The highest BCUT2D eigenvalue weighted by Crippen LogP contribution is 2.30. The molecule has 2 aliphatic heterocycles. The first-order valence-corrected chi connectivity index (χ1v) is 10.3. The lowest BCUT2D eigenvalue weighted by molar-refractivity contribution is 0.0579. The summed E-state index contributed by atoms with van der Waals surface area (Å²) in [5.74, 6) is 1.66. The summed E-state index contributed by atoms with van der Waals surface area (Å²) in [7, 11) is 1.94. The van der Waals surface area contributed by atoms with Crippen LogP contribution in [-0.2, 0) is 13.6 Å². The Bertz CT molecular complexity index is 1120. The number of benzene rings is 1. The van der Waals surface area contributed by atoms with E-state index in [-0.39, 0.29) is 18.7 Å². The molecule has 3 aromatic rings. The predicted molar refractivity (Wildman–Crippen MR) is 113 cm³/mol. The number of nitrogens with zero attached hydrogens (tertiary/aromatic N) is 5. The first kappa shape index (κ1) is 18.9. The van der Waals surface area contributed by atoms with Gasteiger partial charge in [0.15, 0.2) is 0 Å². The number of piperidine rings is 1. The number of fused-ring (bicyclic) bond motifs is 2. The lowest BCUT2D eigenvalue weighted by Crippen LogP contribution is -2.39. The Balaban J connectivity index is 1.26. The molecule has 0 saturated carbocycles. The maximum absolute atomic E-state index is 12.3. The van der Waals surface area contributed by atoms with Crippen LogP contribution in [0.3, 0.4) is 0 Å². The van der Waals surface area contributed by atoms with E-state index in [0.29, 0.717) is 12.1 Å². The van der Waals surface area contributed by atoms with Gasteiger partial charge in [0.1, 0.15) is 24.4 Å². The third-order valence-electron chi connectivity index (χ3n) is 6.06. The van der Waals surface area contributed by atoms with Gasteiger partial charge in [-0.05, 0) is 36.8 Å². The average Bonchev–Trinajstić information content (AvgIpc) is 3.27. The number of amides is 1. The molecular weight excluding hydrogens is 382 g/mol. The van der Waals surface area contributed by atoms with Gasteiger partial charge < -0.3 is 19.6 Å². The van der Waals surface area contributed by atoms with Crippen LogP contribution in [0, 0.1) is 6.92 Å². The minimum absolute atomic E-state index is 0.146. The van der Waals surface area contributed by atoms with Gasteiger partial charge in [0, 0.05) is 38.4 Å². The lowest BCUT2D eigenvalue weighted by atomic mass is 10.1. The molecule has 1 aromatic carbocycles. The van der Waals surface area contributed by atoms with Gasteiger partial charge in [0.05, 0.1) is 29.5 Å². The molecule has 8 heteroatoms. The van der Waals surface area contributed by atoms with Gasteiger partial charge in [-0.15, -0.1) is 0 Å². The molecule has 1 amide bonds. The number of carbonyl (C=O) groups is 1. The number of aliphatic hydroxyl groups excluding tert-OH is 1. The highest BCUT2D eigenvalue weighted by Gasteiger charge is 2.31. The van der Waals surface area contributed by atoms with Gasteiger partial charge in [0.25, 0.3) is 5.91 Å². The van der Waals surface area contributed by atoms with E-state index in [1.165, 1.54) is 4.90 Å². The summed E-state index contributed by atoms with van der Waals surface area (Å²) in [6.07, 6.45) is 3.84. The highest BCUT2D eigenvalue weighted by atomic mass is 16.5. The first-order chi connectivity index (χ1) is 14.5. The predicted octanol–water partition coefficient (Wildman–Crippen LogP) is 2.23.